The molecular formula is C16H18N4O2. The van der Waals surface area contributed by atoms with E-state index in [9.17, 15) is 10.2 Å². The zero-order valence-corrected chi connectivity index (χ0v) is 12.7. The number of phenolic OH excluding ortho intramolecular Hbond substituents is 2. The fourth-order valence-corrected chi connectivity index (χ4v) is 2.41. The number of H-pyrrole nitrogens is 1. The Hall–Kier alpha value is -2.76. The molecule has 0 bridgehead atoms. The Morgan fingerprint density at radius 2 is 1.68 bits per heavy atom. The van der Waals surface area contributed by atoms with E-state index in [0.29, 0.717) is 22.4 Å². The Morgan fingerprint density at radius 1 is 1.05 bits per heavy atom. The molecule has 0 radical (unpaired) electrons. The highest BCUT2D eigenvalue weighted by molar-refractivity contribution is 6.00. The Labute approximate surface area is 127 Å². The summed E-state index contributed by atoms with van der Waals surface area (Å²) in [4.78, 5) is 4.55. The van der Waals surface area contributed by atoms with Crippen molar-refractivity contribution >= 4 is 16.9 Å². The lowest BCUT2D eigenvalue weighted by molar-refractivity contribution is 0.451. The fraction of sp³-hybridized carbons (Fsp3) is 0.250. The van der Waals surface area contributed by atoms with Crippen LogP contribution in [0.5, 0.6) is 11.5 Å². The third-order valence-corrected chi connectivity index (χ3v) is 3.53. The number of hydrogen-bond donors (Lipinski definition) is 4. The van der Waals surface area contributed by atoms with Gasteiger partial charge < -0.3 is 15.9 Å². The molecule has 22 heavy (non-hydrogen) atoms. The lowest BCUT2D eigenvalue weighted by Crippen LogP contribution is -2.13. The molecule has 1 aromatic carbocycles. The first kappa shape index (κ1) is 14.2. The second-order valence-electron chi connectivity index (χ2n) is 6.38. The number of pyridine rings is 1. The minimum absolute atomic E-state index is 0.0145. The number of nitrogens with zero attached hydrogens (tertiary/aromatic N) is 2. The van der Waals surface area contributed by atoms with E-state index in [1.807, 2.05) is 6.07 Å². The number of hydrogen-bond acceptors (Lipinski definition) is 5. The number of rotatable bonds is 1. The van der Waals surface area contributed by atoms with Gasteiger partial charge in [0, 0.05) is 17.2 Å². The van der Waals surface area contributed by atoms with Gasteiger partial charge in [0.2, 0.25) is 0 Å². The molecule has 0 spiro atoms. The van der Waals surface area contributed by atoms with Gasteiger partial charge in [0.1, 0.15) is 17.3 Å². The van der Waals surface area contributed by atoms with Gasteiger partial charge in [0.25, 0.3) is 0 Å². The topological polar surface area (TPSA) is 108 Å². The maximum Gasteiger partial charge on any atom is 0.184 e. The summed E-state index contributed by atoms with van der Waals surface area (Å²) in [6.45, 7) is 6.17. The Morgan fingerprint density at radius 3 is 2.27 bits per heavy atom. The van der Waals surface area contributed by atoms with Gasteiger partial charge in [0.15, 0.2) is 5.65 Å². The Balaban J connectivity index is 2.37. The van der Waals surface area contributed by atoms with Gasteiger partial charge in [-0.2, -0.15) is 5.10 Å². The van der Waals surface area contributed by atoms with Crippen molar-refractivity contribution in [1.29, 1.82) is 0 Å². The normalized spacial score (nSPS) is 12.0. The van der Waals surface area contributed by atoms with E-state index >= 15 is 0 Å². The van der Waals surface area contributed by atoms with E-state index < -0.39 is 0 Å². The smallest absolute Gasteiger partial charge is 0.184 e. The van der Waals surface area contributed by atoms with Gasteiger partial charge in [-0.3, -0.25) is 5.10 Å². The third kappa shape index (κ3) is 2.32. The molecule has 0 aliphatic carbocycles. The number of benzene rings is 1. The molecule has 3 aromatic rings. The lowest BCUT2D eigenvalue weighted by atomic mass is 9.89. The molecule has 0 saturated heterocycles. The molecule has 5 N–H and O–H groups in total. The molecule has 0 unspecified atom stereocenters. The predicted molar refractivity (Wildman–Crippen MR) is 85.8 cm³/mol. The Kier molecular flexibility index (Phi) is 2.98. The molecule has 2 heterocycles. The summed E-state index contributed by atoms with van der Waals surface area (Å²) in [5, 5.41) is 27.0. The van der Waals surface area contributed by atoms with Crippen LogP contribution in [0, 0.1) is 0 Å². The van der Waals surface area contributed by atoms with Crippen LogP contribution in [0.1, 0.15) is 26.5 Å². The second-order valence-corrected chi connectivity index (χ2v) is 6.38. The number of anilines is 1. The highest BCUT2D eigenvalue weighted by Gasteiger charge is 2.21. The molecule has 0 aliphatic heterocycles. The van der Waals surface area contributed by atoms with Gasteiger partial charge in [-0.05, 0) is 29.3 Å². The first-order valence-corrected chi connectivity index (χ1v) is 6.94. The summed E-state index contributed by atoms with van der Waals surface area (Å²) >= 11 is 0. The van der Waals surface area contributed by atoms with Gasteiger partial charge in [-0.1, -0.05) is 20.8 Å². The fourth-order valence-electron chi connectivity index (χ4n) is 2.41. The lowest BCUT2D eigenvalue weighted by Gasteiger charge is -2.19. The predicted octanol–water partition coefficient (Wildman–Crippen LogP) is 2.92. The molecule has 0 atom stereocenters. The van der Waals surface area contributed by atoms with E-state index in [1.54, 1.807) is 12.1 Å². The number of fused-ring (bicyclic) bond motifs is 1. The van der Waals surface area contributed by atoms with Gasteiger partial charge >= 0.3 is 0 Å². The number of aromatic hydroxyl groups is 2. The van der Waals surface area contributed by atoms with Crippen molar-refractivity contribution in [3.8, 4) is 22.6 Å². The number of nitrogen functional groups attached to an aromatic ring is 1. The zero-order valence-electron chi connectivity index (χ0n) is 12.7. The van der Waals surface area contributed by atoms with Crippen molar-refractivity contribution in [3.63, 3.8) is 0 Å². The maximum atomic E-state index is 9.75. The number of nitrogens with one attached hydrogen (secondary N) is 1. The van der Waals surface area contributed by atoms with Crippen molar-refractivity contribution in [2.75, 3.05) is 5.73 Å². The van der Waals surface area contributed by atoms with Crippen LogP contribution >= 0.6 is 0 Å². The highest BCUT2D eigenvalue weighted by Crippen LogP contribution is 2.37. The molecule has 0 amide bonds. The number of phenols is 2. The average molecular weight is 298 g/mol. The largest absolute Gasteiger partial charge is 0.508 e. The van der Waals surface area contributed by atoms with Crippen LogP contribution in [0.25, 0.3) is 22.2 Å². The number of aromatic nitrogens is 3. The van der Waals surface area contributed by atoms with Crippen molar-refractivity contribution < 1.29 is 10.2 Å². The zero-order chi connectivity index (χ0) is 16.1. The summed E-state index contributed by atoms with van der Waals surface area (Å²) < 4.78 is 0. The van der Waals surface area contributed by atoms with Crippen LogP contribution in [0.15, 0.2) is 24.3 Å². The van der Waals surface area contributed by atoms with Crippen LogP contribution in [0.4, 0.5) is 5.82 Å². The van der Waals surface area contributed by atoms with Crippen molar-refractivity contribution in [3.05, 3.63) is 30.0 Å². The second kappa shape index (κ2) is 4.62. The Bertz CT molecular complexity index is 842. The summed E-state index contributed by atoms with van der Waals surface area (Å²) in [5.74, 6) is 0.375. The molecule has 114 valence electrons. The van der Waals surface area contributed by atoms with Crippen LogP contribution in [-0.2, 0) is 5.41 Å². The highest BCUT2D eigenvalue weighted by atomic mass is 16.3. The quantitative estimate of drug-likeness (QED) is 0.552. The minimum Gasteiger partial charge on any atom is -0.508 e. The molecule has 0 fully saturated rings. The van der Waals surface area contributed by atoms with E-state index in [0.717, 1.165) is 11.3 Å². The molecule has 6 heteroatoms. The first-order chi connectivity index (χ1) is 10.3. The molecule has 0 saturated carbocycles. The van der Waals surface area contributed by atoms with E-state index in [4.69, 9.17) is 5.73 Å². The SMILES string of the molecule is CC(C)(C)c1cc(-c2cc(O)cc(O)c2)c2c(N)[nH]nc2n1. The van der Waals surface area contributed by atoms with E-state index in [1.165, 1.54) is 6.07 Å². The molecular weight excluding hydrogens is 280 g/mol. The minimum atomic E-state index is -0.171. The third-order valence-electron chi connectivity index (χ3n) is 3.53. The first-order valence-electron chi connectivity index (χ1n) is 6.94. The number of nitrogens with two attached hydrogens (primary N) is 1. The molecule has 2 aromatic heterocycles. The molecule has 0 aliphatic rings. The molecule has 6 nitrogen and oxygen atoms in total. The van der Waals surface area contributed by atoms with Crippen LogP contribution in [-0.4, -0.2) is 25.4 Å². The van der Waals surface area contributed by atoms with Crippen molar-refractivity contribution in [2.24, 2.45) is 0 Å². The van der Waals surface area contributed by atoms with Crippen LogP contribution in [0.3, 0.4) is 0 Å². The summed E-state index contributed by atoms with van der Waals surface area (Å²) in [5.41, 5.74) is 8.59. The monoisotopic (exact) mass is 298 g/mol. The van der Waals surface area contributed by atoms with Crippen LogP contribution in [0.2, 0.25) is 0 Å². The summed E-state index contributed by atoms with van der Waals surface area (Å²) in [6.07, 6.45) is 0. The molecule has 3 rings (SSSR count). The average Bonchev–Trinajstić information content (AvgIpc) is 2.77. The summed E-state index contributed by atoms with van der Waals surface area (Å²) in [6, 6.07) is 6.36. The van der Waals surface area contributed by atoms with Gasteiger partial charge in [-0.25, -0.2) is 4.98 Å². The van der Waals surface area contributed by atoms with Crippen molar-refractivity contribution in [2.45, 2.75) is 26.2 Å². The van der Waals surface area contributed by atoms with E-state index in [2.05, 4.69) is 36.0 Å². The van der Waals surface area contributed by atoms with Gasteiger partial charge in [0.05, 0.1) is 5.39 Å². The van der Waals surface area contributed by atoms with Gasteiger partial charge in [-0.15, -0.1) is 0 Å². The van der Waals surface area contributed by atoms with Crippen molar-refractivity contribution in [1.82, 2.24) is 15.2 Å². The van der Waals surface area contributed by atoms with Crippen LogP contribution < -0.4 is 5.73 Å². The number of aromatic amines is 1. The maximum absolute atomic E-state index is 9.75. The van der Waals surface area contributed by atoms with E-state index in [-0.39, 0.29) is 16.9 Å². The standard InChI is InChI=1S/C16H18N4O2/c1-16(2,3)12-7-11(8-4-9(21)6-10(22)5-8)13-14(17)19-20-15(13)18-12/h4-7,21-22H,1-3H3,(H3,17,18,19,20). The summed E-state index contributed by atoms with van der Waals surface area (Å²) in [7, 11) is 0.